The van der Waals surface area contributed by atoms with E-state index in [2.05, 4.69) is 10.3 Å². The van der Waals surface area contributed by atoms with E-state index in [-0.39, 0.29) is 12.4 Å². The van der Waals surface area contributed by atoms with Crippen LogP contribution in [-0.4, -0.2) is 22.5 Å². The van der Waals surface area contributed by atoms with Gasteiger partial charge in [-0.1, -0.05) is 23.9 Å². The van der Waals surface area contributed by atoms with E-state index in [1.165, 1.54) is 17.8 Å². The minimum Gasteiger partial charge on any atom is -0.483 e. The van der Waals surface area contributed by atoms with Crippen LogP contribution in [0.15, 0.2) is 45.8 Å². The second kappa shape index (κ2) is 7.91. The third kappa shape index (κ3) is 4.52. The molecule has 0 radical (unpaired) electrons. The number of rotatable bonds is 5. The number of nitrogens with one attached hydrogen (secondary N) is 1. The predicted molar refractivity (Wildman–Crippen MR) is 85.8 cm³/mol. The minimum atomic E-state index is -1.13. The Hall–Kier alpha value is -2.92. The van der Waals surface area contributed by atoms with E-state index in [0.29, 0.717) is 22.4 Å². The van der Waals surface area contributed by atoms with Crippen LogP contribution in [0.3, 0.4) is 0 Å². The molecule has 0 saturated carbocycles. The highest BCUT2D eigenvalue weighted by Gasteiger charge is 2.10. The summed E-state index contributed by atoms with van der Waals surface area (Å²) in [5, 5.41) is 20.4. The van der Waals surface area contributed by atoms with Crippen molar-refractivity contribution in [3.05, 3.63) is 47.9 Å². The number of carboxylic acids is 1. The van der Waals surface area contributed by atoms with Crippen molar-refractivity contribution >= 4 is 28.6 Å². The number of para-hydroxylation sites is 2. The minimum absolute atomic E-state index is 0.0695. The summed E-state index contributed by atoms with van der Waals surface area (Å²) in [5.74, 6) is -0.389. The first-order valence-corrected chi connectivity index (χ1v) is 7.68. The monoisotopic (exact) mass is 331 g/mol. The number of nitrogens with zero attached hydrogens (tertiary/aromatic N) is 2. The summed E-state index contributed by atoms with van der Waals surface area (Å²) < 4.78 is 10.8. The Morgan fingerprint density at radius 1 is 1.43 bits per heavy atom. The lowest BCUT2D eigenvalue weighted by Crippen LogP contribution is -2.12. The highest BCUT2D eigenvalue weighted by Crippen LogP contribution is 2.28. The molecule has 0 unspecified atom stereocenters. The lowest BCUT2D eigenvalue weighted by Gasteiger charge is -2.08. The molecule has 0 aliphatic carbocycles. The van der Waals surface area contributed by atoms with Crippen LogP contribution in [0.4, 0.5) is 5.69 Å². The van der Waals surface area contributed by atoms with Gasteiger partial charge in [0.15, 0.2) is 11.4 Å². The first-order chi connectivity index (χ1) is 11.1. The van der Waals surface area contributed by atoms with Crippen LogP contribution in [0.1, 0.15) is 16.3 Å². The molecule has 1 aromatic carbocycles. The maximum atomic E-state index is 10.8. The van der Waals surface area contributed by atoms with Crippen molar-refractivity contribution in [1.29, 1.82) is 5.26 Å². The summed E-state index contributed by atoms with van der Waals surface area (Å²) in [7, 11) is 0. The number of hydrogen-bond acceptors (Lipinski definition) is 6. The molecule has 118 valence electrons. The number of furan rings is 1. The molecule has 23 heavy (non-hydrogen) atoms. The molecule has 1 heterocycles. The van der Waals surface area contributed by atoms with Crippen LogP contribution in [0, 0.1) is 11.5 Å². The second-order valence-electron chi connectivity index (χ2n) is 4.19. The quantitative estimate of drug-likeness (QED) is 0.375. The lowest BCUT2D eigenvalue weighted by molar-refractivity contribution is 0.0658. The van der Waals surface area contributed by atoms with Gasteiger partial charge < -0.3 is 14.3 Å². The molecular weight excluding hydrogens is 318 g/mol. The van der Waals surface area contributed by atoms with Gasteiger partial charge in [-0.15, -0.1) is 0 Å². The van der Waals surface area contributed by atoms with E-state index in [1.807, 2.05) is 6.19 Å². The summed E-state index contributed by atoms with van der Waals surface area (Å²) >= 11 is 1.30. The molecule has 0 fully saturated rings. The predicted octanol–water partition coefficient (Wildman–Crippen LogP) is 2.98. The fourth-order valence-corrected chi connectivity index (χ4v) is 2.01. The molecule has 7 nitrogen and oxygen atoms in total. The Morgan fingerprint density at radius 3 is 2.87 bits per heavy atom. The molecule has 1 aromatic heterocycles. The number of nitriles is 1. The Kier molecular flexibility index (Phi) is 5.66. The second-order valence-corrected chi connectivity index (χ2v) is 4.98. The summed E-state index contributed by atoms with van der Waals surface area (Å²) in [4.78, 5) is 15.1. The van der Waals surface area contributed by atoms with Gasteiger partial charge in [0, 0.05) is 0 Å². The first kappa shape index (κ1) is 16.5. The topological polar surface area (TPSA) is 108 Å². The summed E-state index contributed by atoms with van der Waals surface area (Å²) in [6.45, 7) is 0.0695. The highest BCUT2D eigenvalue weighted by atomic mass is 32.2. The Balaban J connectivity index is 2.14. The van der Waals surface area contributed by atoms with Crippen molar-refractivity contribution in [3.63, 3.8) is 0 Å². The molecule has 0 aliphatic heterocycles. The number of aromatic carboxylic acids is 1. The molecule has 2 N–H and O–H groups in total. The Labute approximate surface area is 136 Å². The number of carboxylic acid groups (broad SMARTS) is 1. The van der Waals surface area contributed by atoms with Gasteiger partial charge in [-0.3, -0.25) is 5.32 Å². The number of ether oxygens (including phenoxy) is 1. The van der Waals surface area contributed by atoms with E-state index in [9.17, 15) is 4.79 Å². The Bertz CT molecular complexity index is 764. The normalized spacial score (nSPS) is 10.9. The van der Waals surface area contributed by atoms with Crippen molar-refractivity contribution in [2.24, 2.45) is 4.99 Å². The van der Waals surface area contributed by atoms with Crippen molar-refractivity contribution in [2.75, 3.05) is 6.26 Å². The molecule has 0 amide bonds. The third-order valence-corrected chi connectivity index (χ3v) is 3.27. The van der Waals surface area contributed by atoms with Gasteiger partial charge in [0.05, 0.1) is 0 Å². The molecule has 0 saturated heterocycles. The molecule has 0 bridgehead atoms. The molecule has 8 heteroatoms. The van der Waals surface area contributed by atoms with Crippen molar-refractivity contribution in [2.45, 2.75) is 6.61 Å². The van der Waals surface area contributed by atoms with Crippen molar-refractivity contribution < 1.29 is 19.1 Å². The standard InChI is InChI=1S/C15H13N3O4S/c1-23-15(17-9-16)18-11-4-2-3-5-12(11)21-8-10-6-7-13(22-10)14(19)20/h2-7H,8H2,1H3,(H,17,18)(H,19,20). The molecular formula is C15H13N3O4S. The van der Waals surface area contributed by atoms with Gasteiger partial charge in [0.25, 0.3) is 0 Å². The highest BCUT2D eigenvalue weighted by molar-refractivity contribution is 8.13. The van der Waals surface area contributed by atoms with Gasteiger partial charge in [-0.05, 0) is 30.5 Å². The van der Waals surface area contributed by atoms with E-state index in [0.717, 1.165) is 0 Å². The van der Waals surface area contributed by atoms with Crippen LogP contribution < -0.4 is 10.1 Å². The number of benzene rings is 1. The summed E-state index contributed by atoms with van der Waals surface area (Å²) in [5.41, 5.74) is 0.546. The van der Waals surface area contributed by atoms with Gasteiger partial charge in [-0.25, -0.2) is 9.79 Å². The number of thioether (sulfide) groups is 1. The number of amidine groups is 1. The fourth-order valence-electron chi connectivity index (χ4n) is 1.67. The summed E-state index contributed by atoms with van der Waals surface area (Å²) in [6, 6.07) is 9.97. The number of carbonyl (C=O) groups is 1. The zero-order valence-corrected chi connectivity index (χ0v) is 13.0. The number of hydrogen-bond donors (Lipinski definition) is 2. The number of aliphatic imine (C=N–C) groups is 1. The smallest absolute Gasteiger partial charge is 0.371 e. The zero-order chi connectivity index (χ0) is 16.7. The van der Waals surface area contributed by atoms with E-state index in [1.54, 1.807) is 36.6 Å². The van der Waals surface area contributed by atoms with Gasteiger partial charge in [0.1, 0.15) is 23.8 Å². The van der Waals surface area contributed by atoms with Crippen LogP contribution in [0.5, 0.6) is 5.75 Å². The molecule has 2 aromatic rings. The van der Waals surface area contributed by atoms with Crippen molar-refractivity contribution in [1.82, 2.24) is 5.32 Å². The molecule has 2 rings (SSSR count). The molecule has 0 spiro atoms. The van der Waals surface area contributed by atoms with Gasteiger partial charge >= 0.3 is 5.97 Å². The SMILES string of the molecule is CSC(=Nc1ccccc1OCc1ccc(C(=O)O)o1)NC#N. The van der Waals surface area contributed by atoms with E-state index < -0.39 is 5.97 Å². The van der Waals surface area contributed by atoms with Gasteiger partial charge in [0.2, 0.25) is 5.76 Å². The largest absolute Gasteiger partial charge is 0.483 e. The maximum Gasteiger partial charge on any atom is 0.371 e. The maximum absolute atomic E-state index is 10.8. The van der Waals surface area contributed by atoms with Crippen LogP contribution in [0.25, 0.3) is 0 Å². The van der Waals surface area contributed by atoms with Crippen molar-refractivity contribution in [3.8, 4) is 11.9 Å². The van der Waals surface area contributed by atoms with E-state index in [4.69, 9.17) is 19.5 Å². The van der Waals surface area contributed by atoms with Crippen LogP contribution in [0.2, 0.25) is 0 Å². The molecule has 0 atom stereocenters. The Morgan fingerprint density at radius 2 is 2.22 bits per heavy atom. The zero-order valence-electron chi connectivity index (χ0n) is 12.1. The fraction of sp³-hybridized carbons (Fsp3) is 0.133. The third-order valence-electron chi connectivity index (χ3n) is 2.69. The average molecular weight is 331 g/mol. The van der Waals surface area contributed by atoms with Crippen LogP contribution in [-0.2, 0) is 6.61 Å². The van der Waals surface area contributed by atoms with Gasteiger partial charge in [-0.2, -0.15) is 5.26 Å². The average Bonchev–Trinajstić information content (AvgIpc) is 3.03. The summed E-state index contributed by atoms with van der Waals surface area (Å²) in [6.07, 6.45) is 3.61. The first-order valence-electron chi connectivity index (χ1n) is 6.45. The van der Waals surface area contributed by atoms with E-state index >= 15 is 0 Å². The molecule has 0 aliphatic rings. The lowest BCUT2D eigenvalue weighted by atomic mass is 10.3. The van der Waals surface area contributed by atoms with Crippen LogP contribution >= 0.6 is 11.8 Å².